The summed E-state index contributed by atoms with van der Waals surface area (Å²) < 4.78 is 5.08. The van der Waals surface area contributed by atoms with Crippen molar-refractivity contribution in [2.75, 3.05) is 36.4 Å². The Kier molecular flexibility index (Phi) is 10.1. The second-order valence-corrected chi connectivity index (χ2v) is 7.68. The number of ether oxygens (including phenoxy) is 1. The standard InChI is InChI=1S/C23H28Cl2N2O4/c1-3-31-23(30)20(21(28)17-7-5-4-6-8-17)26-22(29)18-10-9-16(2)19(15-18)27(13-11-24)14-12-25/h4-10,15,20-21,28H,3,11-14H2,1-2H3,(H,26,29)/t20-,21-/m0/s1. The van der Waals surface area contributed by atoms with Crippen molar-refractivity contribution in [1.82, 2.24) is 5.32 Å². The summed E-state index contributed by atoms with van der Waals surface area (Å²) in [5, 5.41) is 13.4. The van der Waals surface area contributed by atoms with Gasteiger partial charge in [-0.25, -0.2) is 4.79 Å². The van der Waals surface area contributed by atoms with Crippen LogP contribution < -0.4 is 10.2 Å². The second kappa shape index (κ2) is 12.5. The first-order valence-corrected chi connectivity index (χ1v) is 11.2. The first-order valence-electron chi connectivity index (χ1n) is 10.1. The third-order valence-corrected chi connectivity index (χ3v) is 5.14. The molecule has 2 rings (SSSR count). The summed E-state index contributed by atoms with van der Waals surface area (Å²) in [4.78, 5) is 27.5. The molecule has 2 N–H and O–H groups in total. The molecule has 168 valence electrons. The first kappa shape index (κ1) is 25.0. The number of aliphatic hydroxyl groups is 1. The summed E-state index contributed by atoms with van der Waals surface area (Å²) in [5.41, 5.74) is 2.66. The maximum atomic E-state index is 13.0. The first-order chi connectivity index (χ1) is 14.9. The Morgan fingerprint density at radius 2 is 1.74 bits per heavy atom. The van der Waals surface area contributed by atoms with Crippen molar-refractivity contribution >= 4 is 40.8 Å². The van der Waals surface area contributed by atoms with Crippen LogP contribution in [0.25, 0.3) is 0 Å². The lowest BCUT2D eigenvalue weighted by Gasteiger charge is -2.26. The van der Waals surface area contributed by atoms with Crippen molar-refractivity contribution in [2.24, 2.45) is 0 Å². The summed E-state index contributed by atoms with van der Waals surface area (Å²) in [6.45, 7) is 4.90. The van der Waals surface area contributed by atoms with Gasteiger partial charge in [-0.1, -0.05) is 36.4 Å². The van der Waals surface area contributed by atoms with E-state index in [9.17, 15) is 14.7 Å². The predicted octanol–water partition coefficient (Wildman–Crippen LogP) is 3.67. The van der Waals surface area contributed by atoms with Gasteiger partial charge < -0.3 is 20.1 Å². The molecule has 2 aromatic carbocycles. The summed E-state index contributed by atoms with van der Waals surface area (Å²) in [6.07, 6.45) is -1.25. The van der Waals surface area contributed by atoms with E-state index in [0.717, 1.165) is 11.3 Å². The summed E-state index contributed by atoms with van der Waals surface area (Å²) in [7, 11) is 0. The van der Waals surface area contributed by atoms with Gasteiger partial charge in [-0.05, 0) is 37.1 Å². The third kappa shape index (κ3) is 6.86. The third-order valence-electron chi connectivity index (χ3n) is 4.80. The number of carbonyl (C=O) groups is 2. The zero-order chi connectivity index (χ0) is 22.8. The van der Waals surface area contributed by atoms with Crippen molar-refractivity contribution in [3.05, 3.63) is 65.2 Å². The number of anilines is 1. The molecule has 0 aliphatic rings. The number of halogens is 2. The van der Waals surface area contributed by atoms with Gasteiger partial charge in [0.2, 0.25) is 0 Å². The molecule has 1 amide bonds. The van der Waals surface area contributed by atoms with Gasteiger partial charge in [-0.2, -0.15) is 0 Å². The average Bonchev–Trinajstić information content (AvgIpc) is 2.77. The lowest BCUT2D eigenvalue weighted by Crippen LogP contribution is -2.46. The van der Waals surface area contributed by atoms with Crippen LogP contribution in [0, 0.1) is 6.92 Å². The highest BCUT2D eigenvalue weighted by atomic mass is 35.5. The number of aliphatic hydroxyl groups excluding tert-OH is 1. The molecule has 31 heavy (non-hydrogen) atoms. The van der Waals surface area contributed by atoms with Gasteiger partial charge in [-0.15, -0.1) is 23.2 Å². The topological polar surface area (TPSA) is 78.9 Å². The Morgan fingerprint density at radius 3 is 2.32 bits per heavy atom. The smallest absolute Gasteiger partial charge is 0.331 e. The SMILES string of the molecule is CCOC(=O)[C@@H](NC(=O)c1ccc(C)c(N(CCCl)CCCl)c1)[C@@H](O)c1ccccc1. The molecule has 0 aliphatic carbocycles. The summed E-state index contributed by atoms with van der Waals surface area (Å²) in [6, 6.07) is 12.6. The van der Waals surface area contributed by atoms with E-state index in [1.165, 1.54) is 0 Å². The Morgan fingerprint density at radius 1 is 1.10 bits per heavy atom. The monoisotopic (exact) mass is 466 g/mol. The van der Waals surface area contributed by atoms with Crippen LogP contribution in [-0.4, -0.2) is 54.5 Å². The summed E-state index contributed by atoms with van der Waals surface area (Å²) >= 11 is 11.8. The van der Waals surface area contributed by atoms with Crippen LogP contribution in [0.4, 0.5) is 5.69 Å². The Labute approximate surface area is 193 Å². The zero-order valence-electron chi connectivity index (χ0n) is 17.7. The molecule has 0 radical (unpaired) electrons. The number of rotatable bonds is 11. The Balaban J connectivity index is 2.30. The van der Waals surface area contributed by atoms with E-state index in [4.69, 9.17) is 27.9 Å². The minimum atomic E-state index is -1.25. The molecule has 0 saturated carbocycles. The lowest BCUT2D eigenvalue weighted by atomic mass is 10.0. The van der Waals surface area contributed by atoms with Crippen molar-refractivity contribution < 1.29 is 19.4 Å². The maximum Gasteiger partial charge on any atom is 0.331 e. The van der Waals surface area contributed by atoms with Gasteiger partial charge in [0.05, 0.1) is 6.61 Å². The molecular formula is C23H28Cl2N2O4. The molecule has 0 unspecified atom stereocenters. The van der Waals surface area contributed by atoms with Crippen molar-refractivity contribution in [3.8, 4) is 0 Å². The number of esters is 1. The molecule has 6 nitrogen and oxygen atoms in total. The van der Waals surface area contributed by atoms with Gasteiger partial charge in [-0.3, -0.25) is 4.79 Å². The number of amides is 1. The quantitative estimate of drug-likeness (QED) is 0.390. The van der Waals surface area contributed by atoms with E-state index in [1.54, 1.807) is 49.4 Å². The molecule has 2 aromatic rings. The molecule has 0 aliphatic heterocycles. The number of nitrogens with zero attached hydrogens (tertiary/aromatic N) is 1. The normalized spacial score (nSPS) is 12.7. The van der Waals surface area contributed by atoms with Crippen molar-refractivity contribution in [2.45, 2.75) is 26.0 Å². The molecule has 2 atom stereocenters. The molecule has 0 saturated heterocycles. The van der Waals surface area contributed by atoms with Crippen LogP contribution >= 0.6 is 23.2 Å². The fraction of sp³-hybridized carbons (Fsp3) is 0.391. The average molecular weight is 467 g/mol. The zero-order valence-corrected chi connectivity index (χ0v) is 19.2. The number of benzene rings is 2. The van der Waals surface area contributed by atoms with E-state index >= 15 is 0 Å². The van der Waals surface area contributed by atoms with Crippen LogP contribution in [0.5, 0.6) is 0 Å². The van der Waals surface area contributed by atoms with E-state index in [1.807, 2.05) is 17.9 Å². The fourth-order valence-corrected chi connectivity index (χ4v) is 3.62. The van der Waals surface area contributed by atoms with Crippen LogP contribution in [0.3, 0.4) is 0 Å². The minimum Gasteiger partial charge on any atom is -0.464 e. The number of alkyl halides is 2. The minimum absolute atomic E-state index is 0.132. The molecule has 0 aromatic heterocycles. The van der Waals surface area contributed by atoms with Gasteiger partial charge in [0, 0.05) is 36.1 Å². The molecule has 0 fully saturated rings. The van der Waals surface area contributed by atoms with Gasteiger partial charge in [0.25, 0.3) is 5.91 Å². The highest BCUT2D eigenvalue weighted by Gasteiger charge is 2.31. The number of carbonyl (C=O) groups excluding carboxylic acids is 2. The maximum absolute atomic E-state index is 13.0. The van der Waals surface area contributed by atoms with Gasteiger partial charge in [0.15, 0.2) is 6.04 Å². The number of aryl methyl sites for hydroxylation is 1. The highest BCUT2D eigenvalue weighted by Crippen LogP contribution is 2.23. The van der Waals surface area contributed by atoms with Crippen molar-refractivity contribution in [3.63, 3.8) is 0 Å². The fourth-order valence-electron chi connectivity index (χ4n) is 3.21. The Hall–Kier alpha value is -2.28. The van der Waals surface area contributed by atoms with E-state index in [0.29, 0.717) is 36.0 Å². The number of nitrogens with one attached hydrogen (secondary N) is 1. The van der Waals surface area contributed by atoms with E-state index in [2.05, 4.69) is 5.32 Å². The van der Waals surface area contributed by atoms with E-state index in [-0.39, 0.29) is 6.61 Å². The number of hydrogen-bond acceptors (Lipinski definition) is 5. The van der Waals surface area contributed by atoms with E-state index < -0.39 is 24.0 Å². The van der Waals surface area contributed by atoms with Crippen LogP contribution in [-0.2, 0) is 9.53 Å². The number of hydrogen-bond donors (Lipinski definition) is 2. The largest absolute Gasteiger partial charge is 0.464 e. The van der Waals surface area contributed by atoms with Crippen LogP contribution in [0.1, 0.15) is 34.5 Å². The molecular weight excluding hydrogens is 439 g/mol. The van der Waals surface area contributed by atoms with Gasteiger partial charge >= 0.3 is 5.97 Å². The molecule has 0 spiro atoms. The van der Waals surface area contributed by atoms with Crippen LogP contribution in [0.2, 0.25) is 0 Å². The molecule has 0 bridgehead atoms. The molecule has 0 heterocycles. The van der Waals surface area contributed by atoms with Crippen LogP contribution in [0.15, 0.2) is 48.5 Å². The molecule has 8 heteroatoms. The predicted molar refractivity (Wildman–Crippen MR) is 124 cm³/mol. The highest BCUT2D eigenvalue weighted by molar-refractivity contribution is 6.18. The summed E-state index contributed by atoms with van der Waals surface area (Å²) in [5.74, 6) is -0.363. The Bertz CT molecular complexity index is 858. The van der Waals surface area contributed by atoms with Gasteiger partial charge in [0.1, 0.15) is 6.10 Å². The second-order valence-electron chi connectivity index (χ2n) is 6.92. The lowest BCUT2D eigenvalue weighted by molar-refractivity contribution is -0.148. The van der Waals surface area contributed by atoms with Crippen molar-refractivity contribution in [1.29, 1.82) is 0 Å².